The van der Waals surface area contributed by atoms with Gasteiger partial charge >= 0.3 is 0 Å². The predicted molar refractivity (Wildman–Crippen MR) is 49.7 cm³/mol. The van der Waals surface area contributed by atoms with E-state index < -0.39 is 0 Å². The summed E-state index contributed by atoms with van der Waals surface area (Å²) < 4.78 is 0. The third-order valence-electron chi connectivity index (χ3n) is 1.84. The van der Waals surface area contributed by atoms with Crippen LogP contribution in [0.5, 0.6) is 0 Å². The van der Waals surface area contributed by atoms with Gasteiger partial charge in [0.05, 0.1) is 11.2 Å². The summed E-state index contributed by atoms with van der Waals surface area (Å²) in [6.07, 6.45) is 3.46. The van der Waals surface area contributed by atoms with Crippen molar-refractivity contribution in [3.63, 3.8) is 0 Å². The molecule has 1 aromatic heterocycles. The lowest BCUT2D eigenvalue weighted by Gasteiger charge is -2.05. The molecule has 11 heavy (non-hydrogen) atoms. The molecule has 0 saturated carbocycles. The van der Waals surface area contributed by atoms with Crippen LogP contribution in [0.1, 0.15) is 37.8 Å². The first-order chi connectivity index (χ1) is 5.34. The highest BCUT2D eigenvalue weighted by atomic mass is 32.1. The van der Waals surface area contributed by atoms with Gasteiger partial charge in [0.15, 0.2) is 0 Å². The molecular weight excluding hydrogens is 154 g/mol. The van der Waals surface area contributed by atoms with Gasteiger partial charge in [-0.05, 0) is 12.3 Å². The van der Waals surface area contributed by atoms with Gasteiger partial charge in [0.1, 0.15) is 0 Å². The number of hydrogen-bond acceptors (Lipinski definition) is 2. The van der Waals surface area contributed by atoms with E-state index in [-0.39, 0.29) is 0 Å². The summed E-state index contributed by atoms with van der Waals surface area (Å²) in [6.45, 7) is 6.05. The van der Waals surface area contributed by atoms with E-state index in [2.05, 4.69) is 24.2 Å². The monoisotopic (exact) mass is 168 g/mol. The Hall–Kier alpha value is -0.370. The standard InChI is InChI=1S/C9H14NS/c1-3-4-5-8(2)9-6-11-7-10-9/h6-8H,1,3-5H2,2H3. The van der Waals surface area contributed by atoms with Crippen LogP contribution in [0.4, 0.5) is 0 Å². The Kier molecular flexibility index (Phi) is 3.57. The molecule has 0 aliphatic heterocycles. The predicted octanol–water partition coefficient (Wildman–Crippen LogP) is 3.25. The van der Waals surface area contributed by atoms with Gasteiger partial charge in [0, 0.05) is 5.38 Å². The summed E-state index contributed by atoms with van der Waals surface area (Å²) in [4.78, 5) is 4.27. The molecule has 0 aliphatic carbocycles. The molecule has 0 saturated heterocycles. The minimum absolute atomic E-state index is 0.614. The minimum Gasteiger partial charge on any atom is -0.249 e. The fourth-order valence-corrected chi connectivity index (χ4v) is 1.74. The van der Waals surface area contributed by atoms with Crippen molar-refractivity contribution in [1.82, 2.24) is 4.98 Å². The Balaban J connectivity index is 2.36. The molecule has 2 heteroatoms. The first-order valence-electron chi connectivity index (χ1n) is 4.02. The van der Waals surface area contributed by atoms with Crippen molar-refractivity contribution in [3.8, 4) is 0 Å². The van der Waals surface area contributed by atoms with Gasteiger partial charge in [-0.3, -0.25) is 0 Å². The van der Waals surface area contributed by atoms with Crippen LogP contribution in [0.25, 0.3) is 0 Å². The lowest BCUT2D eigenvalue weighted by atomic mass is 10.0. The number of unbranched alkanes of at least 4 members (excludes halogenated alkanes) is 1. The number of nitrogens with zero attached hydrogens (tertiary/aromatic N) is 1. The Morgan fingerprint density at radius 2 is 2.55 bits per heavy atom. The van der Waals surface area contributed by atoms with Crippen molar-refractivity contribution in [2.24, 2.45) is 0 Å². The molecule has 0 spiro atoms. The van der Waals surface area contributed by atoms with Crippen LogP contribution in [0, 0.1) is 6.92 Å². The van der Waals surface area contributed by atoms with E-state index in [4.69, 9.17) is 0 Å². The highest BCUT2D eigenvalue weighted by Crippen LogP contribution is 2.20. The fraction of sp³-hybridized carbons (Fsp3) is 0.556. The molecule has 1 radical (unpaired) electrons. The zero-order chi connectivity index (χ0) is 8.10. The first-order valence-corrected chi connectivity index (χ1v) is 4.96. The van der Waals surface area contributed by atoms with Crippen LogP contribution < -0.4 is 0 Å². The summed E-state index contributed by atoms with van der Waals surface area (Å²) in [6, 6.07) is 0. The lowest BCUT2D eigenvalue weighted by molar-refractivity contribution is 0.628. The smallest absolute Gasteiger partial charge is 0.0794 e. The molecular formula is C9H14NS. The van der Waals surface area contributed by atoms with Gasteiger partial charge < -0.3 is 0 Å². The molecule has 0 N–H and O–H groups in total. The van der Waals surface area contributed by atoms with Crippen LogP contribution in [0.3, 0.4) is 0 Å². The summed E-state index contributed by atoms with van der Waals surface area (Å²) in [5.41, 5.74) is 3.14. The Morgan fingerprint density at radius 1 is 1.73 bits per heavy atom. The second-order valence-corrected chi connectivity index (χ2v) is 3.53. The van der Waals surface area contributed by atoms with Gasteiger partial charge in [-0.15, -0.1) is 11.3 Å². The van der Waals surface area contributed by atoms with E-state index in [1.165, 1.54) is 18.5 Å². The maximum absolute atomic E-state index is 4.27. The van der Waals surface area contributed by atoms with Crippen LogP contribution in [0.2, 0.25) is 0 Å². The molecule has 1 nitrogen and oxygen atoms in total. The second-order valence-electron chi connectivity index (χ2n) is 2.81. The minimum atomic E-state index is 0.614. The average Bonchev–Trinajstić information content (AvgIpc) is 2.52. The summed E-state index contributed by atoms with van der Waals surface area (Å²) in [5.74, 6) is 0.614. The van der Waals surface area contributed by atoms with E-state index in [9.17, 15) is 0 Å². The molecule has 0 aliphatic rings. The normalized spacial score (nSPS) is 13.3. The Labute approximate surface area is 72.5 Å². The lowest BCUT2D eigenvalue weighted by Crippen LogP contribution is -1.92. The average molecular weight is 168 g/mol. The topological polar surface area (TPSA) is 12.9 Å². The van der Waals surface area contributed by atoms with E-state index in [1.807, 2.05) is 5.51 Å². The Bertz CT molecular complexity index is 181. The fourth-order valence-electron chi connectivity index (χ4n) is 1.06. The molecule has 0 bridgehead atoms. The molecule has 1 atom stereocenters. The third kappa shape index (κ3) is 2.62. The van der Waals surface area contributed by atoms with Gasteiger partial charge in [-0.25, -0.2) is 4.98 Å². The molecule has 0 aromatic carbocycles. The summed E-state index contributed by atoms with van der Waals surface area (Å²) in [7, 11) is 0. The zero-order valence-corrected chi connectivity index (χ0v) is 7.73. The first kappa shape index (κ1) is 8.72. The molecule has 61 valence electrons. The van der Waals surface area contributed by atoms with Gasteiger partial charge in [0.2, 0.25) is 0 Å². The zero-order valence-electron chi connectivity index (χ0n) is 6.92. The van der Waals surface area contributed by atoms with Crippen molar-refractivity contribution in [1.29, 1.82) is 0 Å². The highest BCUT2D eigenvalue weighted by molar-refractivity contribution is 7.07. The van der Waals surface area contributed by atoms with Crippen LogP contribution in [0.15, 0.2) is 10.9 Å². The van der Waals surface area contributed by atoms with Crippen LogP contribution >= 0.6 is 11.3 Å². The van der Waals surface area contributed by atoms with Crippen molar-refractivity contribution < 1.29 is 0 Å². The number of aromatic nitrogens is 1. The van der Waals surface area contributed by atoms with E-state index in [0.29, 0.717) is 5.92 Å². The van der Waals surface area contributed by atoms with Crippen LogP contribution in [-0.4, -0.2) is 4.98 Å². The van der Waals surface area contributed by atoms with Crippen molar-refractivity contribution in [2.45, 2.75) is 32.1 Å². The third-order valence-corrected chi connectivity index (χ3v) is 2.45. The molecule has 1 rings (SSSR count). The molecule has 1 aromatic rings. The highest BCUT2D eigenvalue weighted by Gasteiger charge is 2.05. The largest absolute Gasteiger partial charge is 0.249 e. The number of thiazole rings is 1. The Morgan fingerprint density at radius 3 is 3.09 bits per heavy atom. The molecule has 1 heterocycles. The second kappa shape index (κ2) is 4.50. The van der Waals surface area contributed by atoms with Gasteiger partial charge in [0.25, 0.3) is 0 Å². The van der Waals surface area contributed by atoms with Crippen molar-refractivity contribution in [2.75, 3.05) is 0 Å². The summed E-state index contributed by atoms with van der Waals surface area (Å²) >= 11 is 1.67. The van der Waals surface area contributed by atoms with Crippen molar-refractivity contribution in [3.05, 3.63) is 23.5 Å². The summed E-state index contributed by atoms with van der Waals surface area (Å²) in [5, 5.41) is 2.13. The quantitative estimate of drug-likeness (QED) is 0.672. The van der Waals surface area contributed by atoms with Crippen molar-refractivity contribution >= 4 is 11.3 Å². The van der Waals surface area contributed by atoms with Crippen LogP contribution in [-0.2, 0) is 0 Å². The number of hydrogen-bond donors (Lipinski definition) is 0. The van der Waals surface area contributed by atoms with E-state index in [0.717, 1.165) is 6.42 Å². The molecule has 1 unspecified atom stereocenters. The number of rotatable bonds is 4. The van der Waals surface area contributed by atoms with E-state index >= 15 is 0 Å². The molecule has 0 amide bonds. The maximum atomic E-state index is 4.27. The SMILES string of the molecule is [CH2]CCCC(C)c1cscn1. The van der Waals surface area contributed by atoms with Gasteiger partial charge in [-0.2, -0.15) is 0 Å². The maximum Gasteiger partial charge on any atom is 0.0794 e. The van der Waals surface area contributed by atoms with Gasteiger partial charge in [-0.1, -0.05) is 26.7 Å². The van der Waals surface area contributed by atoms with E-state index in [1.54, 1.807) is 11.3 Å². The molecule has 0 fully saturated rings.